The molecule has 0 bridgehead atoms. The van der Waals surface area contributed by atoms with Gasteiger partial charge in [0.1, 0.15) is 0 Å². The van der Waals surface area contributed by atoms with Crippen LogP contribution in [0, 0.1) is 5.92 Å². The first-order chi connectivity index (χ1) is 12.1. The summed E-state index contributed by atoms with van der Waals surface area (Å²) in [4.78, 5) is 19.4. The maximum Gasteiger partial charge on any atom is 0.225 e. The molecule has 2 fully saturated rings. The summed E-state index contributed by atoms with van der Waals surface area (Å²) in [5, 5.41) is 3.04. The van der Waals surface area contributed by atoms with Crippen LogP contribution in [-0.2, 0) is 4.79 Å². The van der Waals surface area contributed by atoms with Crippen molar-refractivity contribution in [2.45, 2.75) is 26.2 Å². The number of nitrogens with zero attached hydrogens (tertiary/aromatic N) is 3. The summed E-state index contributed by atoms with van der Waals surface area (Å²) >= 11 is 0. The number of rotatable bonds is 5. The van der Waals surface area contributed by atoms with E-state index in [1.54, 1.807) is 0 Å². The molecule has 0 aromatic heterocycles. The van der Waals surface area contributed by atoms with E-state index in [0.717, 1.165) is 57.4 Å². The number of anilines is 2. The van der Waals surface area contributed by atoms with Crippen LogP contribution in [-0.4, -0.2) is 68.6 Å². The van der Waals surface area contributed by atoms with Crippen LogP contribution in [0.3, 0.4) is 0 Å². The van der Waals surface area contributed by atoms with Crippen LogP contribution in [0.2, 0.25) is 0 Å². The Morgan fingerprint density at radius 3 is 2.32 bits per heavy atom. The normalized spacial score (nSPS) is 20.6. The highest BCUT2D eigenvalue weighted by Gasteiger charge is 2.17. The van der Waals surface area contributed by atoms with Gasteiger partial charge in [-0.05, 0) is 63.2 Å². The minimum atomic E-state index is 0.117. The molecule has 1 aromatic rings. The Hall–Kier alpha value is -1.59. The first kappa shape index (κ1) is 18.2. The van der Waals surface area contributed by atoms with Gasteiger partial charge in [-0.2, -0.15) is 0 Å². The quantitative estimate of drug-likeness (QED) is 0.891. The van der Waals surface area contributed by atoms with Crippen LogP contribution < -0.4 is 10.2 Å². The average Bonchev–Trinajstić information content (AvgIpc) is 2.63. The van der Waals surface area contributed by atoms with Crippen LogP contribution in [0.4, 0.5) is 11.4 Å². The number of likely N-dealkylation sites (tertiary alicyclic amines) is 1. The molecule has 2 saturated heterocycles. The number of piperazine rings is 1. The fourth-order valence-electron chi connectivity index (χ4n) is 3.59. The summed E-state index contributed by atoms with van der Waals surface area (Å²) in [6, 6.07) is 8.28. The molecule has 2 aliphatic rings. The fraction of sp³-hybridized carbons (Fsp3) is 0.650. The molecule has 25 heavy (non-hydrogen) atoms. The van der Waals surface area contributed by atoms with E-state index >= 15 is 0 Å². The van der Waals surface area contributed by atoms with Crippen LogP contribution >= 0.6 is 0 Å². The minimum absolute atomic E-state index is 0.117. The standard InChI is InChI=1S/C20H32N4O/c1-17-7-10-23(11-8-17)12-9-20(25)21-18-3-5-19(6-4-18)24-15-13-22(2)14-16-24/h3-6,17H,7-16H2,1-2H3,(H,21,25). The van der Waals surface area contributed by atoms with Crippen LogP contribution in [0.1, 0.15) is 26.2 Å². The molecular weight excluding hydrogens is 312 g/mol. The second-order valence-electron chi connectivity index (χ2n) is 7.66. The summed E-state index contributed by atoms with van der Waals surface area (Å²) in [5.41, 5.74) is 2.14. The van der Waals surface area contributed by atoms with E-state index in [0.29, 0.717) is 6.42 Å². The van der Waals surface area contributed by atoms with Crippen molar-refractivity contribution < 1.29 is 4.79 Å². The lowest BCUT2D eigenvalue weighted by Gasteiger charge is -2.34. The lowest BCUT2D eigenvalue weighted by Crippen LogP contribution is -2.44. The number of hydrogen-bond acceptors (Lipinski definition) is 4. The highest BCUT2D eigenvalue weighted by molar-refractivity contribution is 5.91. The smallest absolute Gasteiger partial charge is 0.225 e. The molecule has 0 radical (unpaired) electrons. The van der Waals surface area contributed by atoms with Gasteiger partial charge in [0.2, 0.25) is 5.91 Å². The van der Waals surface area contributed by atoms with Gasteiger partial charge >= 0.3 is 0 Å². The highest BCUT2D eigenvalue weighted by atomic mass is 16.1. The van der Waals surface area contributed by atoms with Gasteiger partial charge in [-0.25, -0.2) is 0 Å². The number of carbonyl (C=O) groups excluding carboxylic acids is 1. The monoisotopic (exact) mass is 344 g/mol. The zero-order valence-corrected chi connectivity index (χ0v) is 15.7. The third-order valence-electron chi connectivity index (χ3n) is 5.55. The van der Waals surface area contributed by atoms with Crippen LogP contribution in [0.25, 0.3) is 0 Å². The summed E-state index contributed by atoms with van der Waals surface area (Å²) in [7, 11) is 2.17. The van der Waals surface area contributed by atoms with E-state index in [2.05, 4.69) is 46.1 Å². The van der Waals surface area contributed by atoms with Crippen molar-refractivity contribution in [3.8, 4) is 0 Å². The largest absolute Gasteiger partial charge is 0.369 e. The van der Waals surface area contributed by atoms with Crippen molar-refractivity contribution in [2.24, 2.45) is 5.92 Å². The fourth-order valence-corrected chi connectivity index (χ4v) is 3.59. The number of likely N-dealkylation sites (N-methyl/N-ethyl adjacent to an activating group) is 1. The molecule has 0 spiro atoms. The van der Waals surface area contributed by atoms with E-state index < -0.39 is 0 Å². The third-order valence-corrected chi connectivity index (χ3v) is 5.55. The lowest BCUT2D eigenvalue weighted by molar-refractivity contribution is -0.116. The first-order valence-corrected chi connectivity index (χ1v) is 9.66. The Balaban J connectivity index is 1.42. The molecule has 138 valence electrons. The SMILES string of the molecule is CC1CCN(CCC(=O)Nc2ccc(N3CCN(C)CC3)cc2)CC1. The topological polar surface area (TPSA) is 38.8 Å². The van der Waals surface area contributed by atoms with E-state index in [4.69, 9.17) is 0 Å². The van der Waals surface area contributed by atoms with Crippen molar-refractivity contribution in [3.05, 3.63) is 24.3 Å². The van der Waals surface area contributed by atoms with E-state index in [1.807, 2.05) is 12.1 Å². The Kier molecular flexibility index (Phi) is 6.32. The maximum atomic E-state index is 12.2. The number of amides is 1. The van der Waals surface area contributed by atoms with Crippen molar-refractivity contribution in [1.82, 2.24) is 9.80 Å². The number of benzene rings is 1. The molecule has 2 heterocycles. The number of hydrogen-bond donors (Lipinski definition) is 1. The van der Waals surface area contributed by atoms with Gasteiger partial charge in [-0.1, -0.05) is 6.92 Å². The molecule has 0 aliphatic carbocycles. The Bertz CT molecular complexity index is 543. The second kappa shape index (κ2) is 8.68. The average molecular weight is 345 g/mol. The molecule has 2 aliphatic heterocycles. The predicted octanol–water partition coefficient (Wildman–Crippen LogP) is 2.50. The summed E-state index contributed by atoms with van der Waals surface area (Å²) in [6.07, 6.45) is 3.10. The van der Waals surface area contributed by atoms with Gasteiger partial charge in [0.25, 0.3) is 0 Å². The zero-order chi connectivity index (χ0) is 17.6. The van der Waals surface area contributed by atoms with Gasteiger partial charge in [0, 0.05) is 50.5 Å². The predicted molar refractivity (Wildman–Crippen MR) is 104 cm³/mol. The van der Waals surface area contributed by atoms with Gasteiger partial charge in [0.05, 0.1) is 0 Å². The molecule has 0 atom stereocenters. The minimum Gasteiger partial charge on any atom is -0.369 e. The van der Waals surface area contributed by atoms with Gasteiger partial charge in [0.15, 0.2) is 0 Å². The second-order valence-corrected chi connectivity index (χ2v) is 7.66. The Labute approximate surface area is 152 Å². The Morgan fingerprint density at radius 1 is 1.04 bits per heavy atom. The van der Waals surface area contributed by atoms with E-state index in [1.165, 1.54) is 18.5 Å². The molecular formula is C20H32N4O. The molecule has 1 amide bonds. The van der Waals surface area contributed by atoms with Crippen molar-refractivity contribution in [2.75, 3.05) is 63.1 Å². The van der Waals surface area contributed by atoms with E-state index in [-0.39, 0.29) is 5.91 Å². The molecule has 3 rings (SSSR count). The van der Waals surface area contributed by atoms with Crippen molar-refractivity contribution >= 4 is 17.3 Å². The number of nitrogens with one attached hydrogen (secondary N) is 1. The van der Waals surface area contributed by atoms with Crippen LogP contribution in [0.15, 0.2) is 24.3 Å². The van der Waals surface area contributed by atoms with Gasteiger partial charge < -0.3 is 20.0 Å². The van der Waals surface area contributed by atoms with Crippen molar-refractivity contribution in [3.63, 3.8) is 0 Å². The molecule has 5 nitrogen and oxygen atoms in total. The number of carbonyl (C=O) groups is 1. The maximum absolute atomic E-state index is 12.2. The molecule has 5 heteroatoms. The Morgan fingerprint density at radius 2 is 1.68 bits per heavy atom. The zero-order valence-electron chi connectivity index (χ0n) is 15.7. The molecule has 0 unspecified atom stereocenters. The molecule has 1 aromatic carbocycles. The van der Waals surface area contributed by atoms with E-state index in [9.17, 15) is 4.79 Å². The first-order valence-electron chi connectivity index (χ1n) is 9.66. The summed E-state index contributed by atoms with van der Waals surface area (Å²) < 4.78 is 0. The number of piperidine rings is 1. The molecule has 0 saturated carbocycles. The third kappa shape index (κ3) is 5.44. The summed E-state index contributed by atoms with van der Waals surface area (Å²) in [6.45, 7) is 9.80. The molecule has 1 N–H and O–H groups in total. The van der Waals surface area contributed by atoms with Gasteiger partial charge in [-0.15, -0.1) is 0 Å². The highest BCUT2D eigenvalue weighted by Crippen LogP contribution is 2.20. The van der Waals surface area contributed by atoms with Crippen molar-refractivity contribution in [1.29, 1.82) is 0 Å². The summed E-state index contributed by atoms with van der Waals surface area (Å²) in [5.74, 6) is 0.954. The van der Waals surface area contributed by atoms with Gasteiger partial charge in [-0.3, -0.25) is 4.79 Å². The van der Waals surface area contributed by atoms with Crippen LogP contribution in [0.5, 0.6) is 0 Å². The lowest BCUT2D eigenvalue weighted by atomic mass is 9.99.